The molecule has 1 aliphatic rings. The highest BCUT2D eigenvalue weighted by molar-refractivity contribution is 9.10. The molecule has 0 radical (unpaired) electrons. The Morgan fingerprint density at radius 2 is 2.09 bits per heavy atom. The molecule has 2 rings (SSSR count). The SMILES string of the molecule is CC(C#N)(COC(=O)C1=CC=CC1)NC(=O)c1ccc(Br)cc1. The van der Waals surface area contributed by atoms with Gasteiger partial charge in [-0.15, -0.1) is 0 Å². The highest BCUT2D eigenvalue weighted by Gasteiger charge is 2.29. The number of rotatable bonds is 5. The summed E-state index contributed by atoms with van der Waals surface area (Å²) in [6.07, 6.45) is 5.81. The van der Waals surface area contributed by atoms with E-state index >= 15 is 0 Å². The van der Waals surface area contributed by atoms with Crippen LogP contribution in [0.3, 0.4) is 0 Å². The molecule has 23 heavy (non-hydrogen) atoms. The zero-order chi connectivity index (χ0) is 16.9. The highest BCUT2D eigenvalue weighted by Crippen LogP contribution is 2.15. The molecule has 0 saturated heterocycles. The number of carbonyl (C=O) groups excluding carboxylic acids is 2. The molecule has 1 amide bonds. The van der Waals surface area contributed by atoms with Gasteiger partial charge in [0, 0.05) is 15.6 Å². The smallest absolute Gasteiger partial charge is 0.334 e. The Bertz CT molecular complexity index is 716. The number of carbonyl (C=O) groups is 2. The lowest BCUT2D eigenvalue weighted by Crippen LogP contribution is -2.48. The van der Waals surface area contributed by atoms with E-state index in [9.17, 15) is 14.9 Å². The molecule has 0 bridgehead atoms. The van der Waals surface area contributed by atoms with Crippen molar-refractivity contribution in [1.29, 1.82) is 5.26 Å². The largest absolute Gasteiger partial charge is 0.459 e. The Morgan fingerprint density at radius 3 is 2.65 bits per heavy atom. The van der Waals surface area contributed by atoms with E-state index in [4.69, 9.17) is 4.74 Å². The first-order valence-electron chi connectivity index (χ1n) is 6.96. The molecule has 1 N–H and O–H groups in total. The number of allylic oxidation sites excluding steroid dienone is 3. The second-order valence-electron chi connectivity index (χ2n) is 5.31. The van der Waals surface area contributed by atoms with Gasteiger partial charge in [0.1, 0.15) is 6.61 Å². The number of nitrogens with one attached hydrogen (secondary N) is 1. The molecule has 0 heterocycles. The van der Waals surface area contributed by atoms with E-state index in [0.29, 0.717) is 17.6 Å². The first-order chi connectivity index (χ1) is 10.9. The fourth-order valence-electron chi connectivity index (χ4n) is 1.92. The molecule has 0 saturated carbocycles. The summed E-state index contributed by atoms with van der Waals surface area (Å²) in [5.74, 6) is -0.881. The molecule has 1 aromatic carbocycles. The van der Waals surface area contributed by atoms with Crippen LogP contribution < -0.4 is 5.32 Å². The molecule has 5 nitrogen and oxygen atoms in total. The van der Waals surface area contributed by atoms with Crippen LogP contribution in [0.25, 0.3) is 0 Å². The van der Waals surface area contributed by atoms with Crippen LogP contribution >= 0.6 is 15.9 Å². The number of hydrogen-bond donors (Lipinski definition) is 1. The summed E-state index contributed by atoms with van der Waals surface area (Å²) in [5.41, 5.74) is -0.347. The molecule has 6 heteroatoms. The van der Waals surface area contributed by atoms with Gasteiger partial charge in [-0.05, 0) is 37.6 Å². The fourth-order valence-corrected chi connectivity index (χ4v) is 2.19. The third kappa shape index (κ3) is 4.54. The number of esters is 1. The zero-order valence-electron chi connectivity index (χ0n) is 12.5. The Labute approximate surface area is 142 Å². The Hall–Kier alpha value is -2.39. The Kier molecular flexibility index (Phi) is 5.35. The van der Waals surface area contributed by atoms with Crippen molar-refractivity contribution >= 4 is 27.8 Å². The van der Waals surface area contributed by atoms with Gasteiger partial charge < -0.3 is 10.1 Å². The topological polar surface area (TPSA) is 79.2 Å². The quantitative estimate of drug-likeness (QED) is 0.803. The van der Waals surface area contributed by atoms with E-state index in [1.54, 1.807) is 36.4 Å². The van der Waals surface area contributed by atoms with Gasteiger partial charge >= 0.3 is 5.97 Å². The van der Waals surface area contributed by atoms with Gasteiger partial charge in [-0.25, -0.2) is 4.79 Å². The van der Waals surface area contributed by atoms with E-state index in [2.05, 4.69) is 21.2 Å². The van der Waals surface area contributed by atoms with Crippen molar-refractivity contribution in [2.45, 2.75) is 18.9 Å². The van der Waals surface area contributed by atoms with Crippen LogP contribution in [0.2, 0.25) is 0 Å². The third-order valence-corrected chi connectivity index (χ3v) is 3.80. The first-order valence-corrected chi connectivity index (χ1v) is 7.75. The van der Waals surface area contributed by atoms with Crippen molar-refractivity contribution in [2.24, 2.45) is 0 Å². The van der Waals surface area contributed by atoms with Gasteiger partial charge in [-0.3, -0.25) is 4.79 Å². The van der Waals surface area contributed by atoms with Crippen molar-refractivity contribution in [2.75, 3.05) is 6.61 Å². The maximum Gasteiger partial charge on any atom is 0.334 e. The number of benzene rings is 1. The Balaban J connectivity index is 1.97. The molecule has 0 aliphatic heterocycles. The second kappa shape index (κ2) is 7.25. The molecule has 118 valence electrons. The minimum absolute atomic E-state index is 0.220. The predicted molar refractivity (Wildman–Crippen MR) is 88.4 cm³/mol. The second-order valence-corrected chi connectivity index (χ2v) is 6.22. The van der Waals surface area contributed by atoms with Crippen LogP contribution in [0.4, 0.5) is 0 Å². The maximum absolute atomic E-state index is 12.2. The monoisotopic (exact) mass is 374 g/mol. The van der Waals surface area contributed by atoms with Crippen LogP contribution in [0.5, 0.6) is 0 Å². The first kappa shape index (κ1) is 17.0. The molecular formula is C17H15BrN2O3. The summed E-state index contributed by atoms with van der Waals surface area (Å²) in [6, 6.07) is 8.73. The molecule has 0 aromatic heterocycles. The highest BCUT2D eigenvalue weighted by atomic mass is 79.9. The van der Waals surface area contributed by atoms with Crippen molar-refractivity contribution in [1.82, 2.24) is 5.32 Å². The summed E-state index contributed by atoms with van der Waals surface area (Å²) in [6.45, 7) is 1.29. The summed E-state index contributed by atoms with van der Waals surface area (Å²) in [7, 11) is 0. The lowest BCUT2D eigenvalue weighted by atomic mass is 10.1. The lowest BCUT2D eigenvalue weighted by molar-refractivity contribution is -0.140. The van der Waals surface area contributed by atoms with Gasteiger partial charge in [0.15, 0.2) is 5.54 Å². The van der Waals surface area contributed by atoms with Crippen molar-refractivity contribution in [3.05, 3.63) is 58.1 Å². The average Bonchev–Trinajstić information content (AvgIpc) is 3.08. The van der Waals surface area contributed by atoms with E-state index in [-0.39, 0.29) is 6.61 Å². The number of nitrogens with zero attached hydrogens (tertiary/aromatic N) is 1. The minimum atomic E-state index is -1.30. The third-order valence-electron chi connectivity index (χ3n) is 3.27. The van der Waals surface area contributed by atoms with Crippen molar-refractivity contribution in [3.63, 3.8) is 0 Å². The van der Waals surface area contributed by atoms with Crippen molar-refractivity contribution < 1.29 is 14.3 Å². The van der Waals surface area contributed by atoms with E-state index in [1.807, 2.05) is 12.1 Å². The summed E-state index contributed by atoms with van der Waals surface area (Å²) in [4.78, 5) is 24.0. The molecule has 1 aliphatic carbocycles. The van der Waals surface area contributed by atoms with Crippen LogP contribution in [0, 0.1) is 11.3 Å². The van der Waals surface area contributed by atoms with Gasteiger partial charge in [0.25, 0.3) is 5.91 Å². The number of halogens is 1. The van der Waals surface area contributed by atoms with Gasteiger partial charge in [0.05, 0.1) is 6.07 Å². The average molecular weight is 375 g/mol. The zero-order valence-corrected chi connectivity index (χ0v) is 14.1. The normalized spacial score (nSPS) is 15.3. The van der Waals surface area contributed by atoms with Gasteiger partial charge in [0.2, 0.25) is 0 Å². The number of amides is 1. The van der Waals surface area contributed by atoms with Crippen LogP contribution in [0.1, 0.15) is 23.7 Å². The van der Waals surface area contributed by atoms with Gasteiger partial charge in [-0.2, -0.15) is 5.26 Å². The van der Waals surface area contributed by atoms with Crippen molar-refractivity contribution in [3.8, 4) is 6.07 Å². The molecular weight excluding hydrogens is 360 g/mol. The molecule has 1 atom stereocenters. The van der Waals surface area contributed by atoms with E-state index in [0.717, 1.165) is 4.47 Å². The number of ether oxygens (including phenoxy) is 1. The lowest BCUT2D eigenvalue weighted by Gasteiger charge is -2.23. The molecule has 1 aromatic rings. The summed E-state index contributed by atoms with van der Waals surface area (Å²) < 4.78 is 6.00. The summed E-state index contributed by atoms with van der Waals surface area (Å²) >= 11 is 3.29. The summed E-state index contributed by atoms with van der Waals surface area (Å²) in [5, 5.41) is 11.9. The fraction of sp³-hybridized carbons (Fsp3) is 0.235. The standard InChI is InChI=1S/C17H15BrN2O3/c1-17(10-19,11-23-16(22)13-4-2-3-5-13)20-15(21)12-6-8-14(18)9-7-12/h2-4,6-9H,5,11H2,1H3,(H,20,21). The maximum atomic E-state index is 12.2. The van der Waals surface area contributed by atoms with E-state index < -0.39 is 17.4 Å². The van der Waals surface area contributed by atoms with Crippen LogP contribution in [-0.4, -0.2) is 24.0 Å². The van der Waals surface area contributed by atoms with Gasteiger partial charge in [-0.1, -0.05) is 34.2 Å². The molecule has 0 fully saturated rings. The predicted octanol–water partition coefficient (Wildman–Crippen LogP) is 2.89. The number of nitriles is 1. The molecule has 0 spiro atoms. The minimum Gasteiger partial charge on any atom is -0.459 e. The molecule has 1 unspecified atom stereocenters. The van der Waals surface area contributed by atoms with E-state index in [1.165, 1.54) is 6.92 Å². The van der Waals surface area contributed by atoms with Crippen LogP contribution in [0.15, 0.2) is 52.5 Å². The Morgan fingerprint density at radius 1 is 1.39 bits per heavy atom. The van der Waals surface area contributed by atoms with Crippen LogP contribution in [-0.2, 0) is 9.53 Å². The number of hydrogen-bond acceptors (Lipinski definition) is 4.